The summed E-state index contributed by atoms with van der Waals surface area (Å²) in [5.41, 5.74) is 2.76. The van der Waals surface area contributed by atoms with Gasteiger partial charge in [0.05, 0.1) is 42.1 Å². The average Bonchev–Trinajstić information content (AvgIpc) is 3.08. The molecule has 1 fully saturated rings. The molecule has 14 nitrogen and oxygen atoms in total. The summed E-state index contributed by atoms with van der Waals surface area (Å²) in [5, 5.41) is 45.4. The molecule has 258 valence electrons. The highest BCUT2D eigenvalue weighted by Crippen LogP contribution is 2.52. The maximum atomic E-state index is 13.9. The van der Waals surface area contributed by atoms with Crippen molar-refractivity contribution in [1.29, 1.82) is 0 Å². The van der Waals surface area contributed by atoms with E-state index in [9.17, 15) is 39.6 Å². The first-order valence-corrected chi connectivity index (χ1v) is 15.5. The Kier molecular flexibility index (Phi) is 9.17. The van der Waals surface area contributed by atoms with Crippen molar-refractivity contribution in [3.8, 4) is 17.2 Å². The molecule has 14 heteroatoms. The Morgan fingerprint density at radius 1 is 0.980 bits per heavy atom. The van der Waals surface area contributed by atoms with Crippen LogP contribution in [0.15, 0.2) is 48.5 Å². The van der Waals surface area contributed by atoms with E-state index in [4.69, 9.17) is 29.4 Å². The third-order valence-electron chi connectivity index (χ3n) is 9.18. The number of Topliss-reactive ketones (excluding diaryl/α,β-unsaturated/α-hetero) is 1. The van der Waals surface area contributed by atoms with Gasteiger partial charge in [-0.1, -0.05) is 42.5 Å². The molecule has 6 atom stereocenters. The second-order valence-corrected chi connectivity index (χ2v) is 12.3. The maximum Gasteiger partial charge on any atom is 0.509 e. The van der Waals surface area contributed by atoms with Crippen molar-refractivity contribution in [3.05, 3.63) is 87.5 Å². The van der Waals surface area contributed by atoms with Crippen molar-refractivity contribution in [3.63, 3.8) is 0 Å². The van der Waals surface area contributed by atoms with Gasteiger partial charge < -0.3 is 49.8 Å². The SMILES string of the molecule is COc1cccc2c1C(=O)c1c(O)c3c(c(O)c1C2=O)C[C@@](O)(C(=O)COC(=O)OCc1ccccc1)C[C@@H]3O[C@@H]1C[C@H](N)[C@@H](O)[C@H](C)O1. The summed E-state index contributed by atoms with van der Waals surface area (Å²) >= 11 is 0. The van der Waals surface area contributed by atoms with Crippen molar-refractivity contribution >= 4 is 23.5 Å². The van der Waals surface area contributed by atoms with Gasteiger partial charge in [0, 0.05) is 42.0 Å². The standard InChI is InChI=1S/C35H35NO13/c1-16-29(38)20(36)11-24(48-16)49-22-13-35(44,23(37)15-47-34(43)46-14-17-7-4-3-5-8-17)12-19-26(22)33(42)28-27(31(19)40)30(39)18-9-6-10-21(45-2)25(18)32(28)41/h3-10,16,20,22,24,29,38,40,42,44H,11-15,36H2,1-2H3/t16-,20-,22-,24+,29-,35-/m0/s1. The van der Waals surface area contributed by atoms with E-state index in [1.807, 2.05) is 0 Å². The zero-order valence-electron chi connectivity index (χ0n) is 26.6. The van der Waals surface area contributed by atoms with Gasteiger partial charge in [-0.2, -0.15) is 0 Å². The van der Waals surface area contributed by atoms with Crippen LogP contribution in [-0.4, -0.2) is 87.8 Å². The lowest BCUT2D eigenvalue weighted by atomic mass is 9.72. The highest BCUT2D eigenvalue weighted by atomic mass is 16.7. The molecule has 6 N–H and O–H groups in total. The minimum atomic E-state index is -2.37. The molecule has 0 spiro atoms. The molecule has 2 aliphatic carbocycles. The normalized spacial score (nSPS) is 25.9. The molecule has 0 saturated carbocycles. The van der Waals surface area contributed by atoms with Crippen molar-refractivity contribution in [2.75, 3.05) is 13.7 Å². The van der Waals surface area contributed by atoms with Crippen molar-refractivity contribution < 1.29 is 63.3 Å². The van der Waals surface area contributed by atoms with E-state index in [0.29, 0.717) is 5.56 Å². The van der Waals surface area contributed by atoms with Gasteiger partial charge in [-0.05, 0) is 18.6 Å². The van der Waals surface area contributed by atoms with Gasteiger partial charge >= 0.3 is 6.16 Å². The Balaban J connectivity index is 1.35. The Bertz CT molecular complexity index is 1810. The predicted octanol–water partition coefficient (Wildman–Crippen LogP) is 2.36. The van der Waals surface area contributed by atoms with Gasteiger partial charge in [-0.3, -0.25) is 14.4 Å². The lowest BCUT2D eigenvalue weighted by Gasteiger charge is -2.42. The first-order valence-electron chi connectivity index (χ1n) is 15.5. The van der Waals surface area contributed by atoms with Crippen LogP contribution in [-0.2, 0) is 36.8 Å². The Morgan fingerprint density at radius 2 is 1.69 bits per heavy atom. The second kappa shape index (κ2) is 13.2. The number of aliphatic hydroxyl groups is 2. The average molecular weight is 678 g/mol. The number of fused-ring (bicyclic) bond motifs is 3. The van der Waals surface area contributed by atoms with Gasteiger partial charge in [0.1, 0.15) is 29.5 Å². The first kappa shape index (κ1) is 34.0. The van der Waals surface area contributed by atoms with E-state index in [1.54, 1.807) is 37.3 Å². The molecule has 3 aliphatic rings. The third kappa shape index (κ3) is 6.13. The lowest BCUT2D eigenvalue weighted by Crippen LogP contribution is -2.53. The zero-order chi connectivity index (χ0) is 35.2. The summed E-state index contributed by atoms with van der Waals surface area (Å²) in [5.74, 6) is -3.98. The molecule has 0 bridgehead atoms. The van der Waals surface area contributed by atoms with Crippen LogP contribution < -0.4 is 10.5 Å². The molecule has 0 aromatic heterocycles. The minimum Gasteiger partial charge on any atom is -0.507 e. The topological polar surface area (TPSA) is 221 Å². The summed E-state index contributed by atoms with van der Waals surface area (Å²) in [6.07, 6.45) is -6.75. The molecule has 1 aliphatic heterocycles. The van der Waals surface area contributed by atoms with E-state index in [0.717, 1.165) is 0 Å². The fourth-order valence-electron chi connectivity index (χ4n) is 6.62. The minimum absolute atomic E-state index is 0.0280. The Hall–Kier alpha value is -4.86. The number of phenolic OH excluding ortho intramolecular Hbond substituents is 2. The fourth-order valence-corrected chi connectivity index (χ4v) is 6.62. The highest BCUT2D eigenvalue weighted by Gasteiger charge is 2.50. The number of aromatic hydroxyl groups is 2. The number of methoxy groups -OCH3 is 1. The number of carbonyl (C=O) groups excluding carboxylic acids is 4. The molecule has 1 heterocycles. The van der Waals surface area contributed by atoms with E-state index in [-0.39, 0.29) is 41.0 Å². The van der Waals surface area contributed by atoms with Crippen LogP contribution in [0.5, 0.6) is 17.2 Å². The van der Waals surface area contributed by atoms with Crippen molar-refractivity contribution in [2.45, 2.75) is 69.0 Å². The monoisotopic (exact) mass is 677 g/mol. The van der Waals surface area contributed by atoms with Crippen LogP contribution >= 0.6 is 0 Å². The van der Waals surface area contributed by atoms with Crippen LogP contribution in [0.4, 0.5) is 4.79 Å². The fraction of sp³-hybridized carbons (Fsp3) is 0.371. The predicted molar refractivity (Wildman–Crippen MR) is 167 cm³/mol. The van der Waals surface area contributed by atoms with Crippen LogP contribution in [0.1, 0.15) is 74.4 Å². The largest absolute Gasteiger partial charge is 0.509 e. The Labute approximate surface area is 279 Å². The summed E-state index contributed by atoms with van der Waals surface area (Å²) in [6, 6.07) is 12.3. The van der Waals surface area contributed by atoms with Gasteiger partial charge in [0.15, 0.2) is 18.7 Å². The van der Waals surface area contributed by atoms with Crippen LogP contribution in [0.25, 0.3) is 0 Å². The number of carbonyl (C=O) groups is 4. The van der Waals surface area contributed by atoms with Gasteiger partial charge in [-0.25, -0.2) is 4.79 Å². The van der Waals surface area contributed by atoms with Crippen molar-refractivity contribution in [2.24, 2.45) is 5.73 Å². The van der Waals surface area contributed by atoms with Crippen LogP contribution in [0.2, 0.25) is 0 Å². The number of rotatable bonds is 8. The van der Waals surface area contributed by atoms with Gasteiger partial charge in [0.25, 0.3) is 0 Å². The first-order chi connectivity index (χ1) is 23.3. The molecule has 3 aromatic rings. The molecule has 0 amide bonds. The molecule has 0 unspecified atom stereocenters. The highest BCUT2D eigenvalue weighted by molar-refractivity contribution is 6.31. The number of ketones is 3. The van der Waals surface area contributed by atoms with E-state index >= 15 is 0 Å². The number of aliphatic hydroxyl groups excluding tert-OH is 1. The van der Waals surface area contributed by atoms with Crippen molar-refractivity contribution in [1.82, 2.24) is 0 Å². The molecule has 6 rings (SSSR count). The number of nitrogens with two attached hydrogens (primary N) is 1. The molecule has 0 radical (unpaired) electrons. The quantitative estimate of drug-likeness (QED) is 0.134. The Morgan fingerprint density at radius 3 is 2.39 bits per heavy atom. The van der Waals surface area contributed by atoms with E-state index < -0.39 is 102 Å². The van der Waals surface area contributed by atoms with Crippen LogP contribution in [0, 0.1) is 0 Å². The van der Waals surface area contributed by atoms with Gasteiger partial charge in [-0.15, -0.1) is 0 Å². The van der Waals surface area contributed by atoms with E-state index in [1.165, 1.54) is 25.3 Å². The molecule has 49 heavy (non-hydrogen) atoms. The molecule has 3 aromatic carbocycles. The number of phenols is 2. The molecule has 1 saturated heterocycles. The number of ether oxygens (including phenoxy) is 5. The summed E-state index contributed by atoms with van der Waals surface area (Å²) in [6.45, 7) is 0.512. The molecular weight excluding hydrogens is 642 g/mol. The maximum absolute atomic E-state index is 13.9. The van der Waals surface area contributed by atoms with E-state index in [2.05, 4.69) is 0 Å². The summed E-state index contributed by atoms with van der Waals surface area (Å²) < 4.78 is 27.3. The number of hydrogen-bond acceptors (Lipinski definition) is 14. The molecular formula is C35H35NO13. The smallest absolute Gasteiger partial charge is 0.507 e. The summed E-state index contributed by atoms with van der Waals surface area (Å²) in [4.78, 5) is 53.4. The second-order valence-electron chi connectivity index (χ2n) is 12.3. The van der Waals surface area contributed by atoms with Crippen LogP contribution in [0.3, 0.4) is 0 Å². The number of benzene rings is 3. The lowest BCUT2D eigenvalue weighted by molar-refractivity contribution is -0.247. The third-order valence-corrected chi connectivity index (χ3v) is 9.18. The van der Waals surface area contributed by atoms with Gasteiger partial charge in [0.2, 0.25) is 11.6 Å². The summed E-state index contributed by atoms with van der Waals surface area (Å²) in [7, 11) is 1.31. The zero-order valence-corrected chi connectivity index (χ0v) is 26.6. The number of hydrogen-bond donors (Lipinski definition) is 5.